The number of nitrogens with zero attached hydrogens (tertiary/aromatic N) is 1. The fourth-order valence-corrected chi connectivity index (χ4v) is 3.26. The molecular weight excluding hydrogens is 349 g/mol. The minimum absolute atomic E-state index is 0.0851. The van der Waals surface area contributed by atoms with E-state index in [9.17, 15) is 9.18 Å². The molecule has 0 aliphatic rings. The molecule has 3 aromatic carbocycles. The Labute approximate surface area is 157 Å². The van der Waals surface area contributed by atoms with Gasteiger partial charge in [0.15, 0.2) is 0 Å². The third kappa shape index (κ3) is 3.94. The van der Waals surface area contributed by atoms with Gasteiger partial charge in [-0.15, -0.1) is 0 Å². The van der Waals surface area contributed by atoms with Crippen molar-refractivity contribution in [2.24, 2.45) is 0 Å². The van der Waals surface area contributed by atoms with E-state index in [0.717, 1.165) is 11.1 Å². The lowest BCUT2D eigenvalue weighted by atomic mass is 9.97. The summed E-state index contributed by atoms with van der Waals surface area (Å²) in [6, 6.07) is 23.8. The second kappa shape index (κ2) is 8.15. The summed E-state index contributed by atoms with van der Waals surface area (Å²) in [6.45, 7) is 0. The Morgan fingerprint density at radius 2 is 1.46 bits per heavy atom. The highest BCUT2D eigenvalue weighted by atomic mass is 35.5. The van der Waals surface area contributed by atoms with E-state index in [2.05, 4.69) is 0 Å². The fourth-order valence-electron chi connectivity index (χ4n) is 3.03. The first-order valence-electron chi connectivity index (χ1n) is 8.36. The van der Waals surface area contributed by atoms with Gasteiger partial charge in [0.05, 0.1) is 12.5 Å². The van der Waals surface area contributed by atoms with Crippen molar-refractivity contribution in [1.29, 1.82) is 0 Å². The van der Waals surface area contributed by atoms with E-state index in [1.54, 1.807) is 18.0 Å². The summed E-state index contributed by atoms with van der Waals surface area (Å²) in [4.78, 5) is 14.6. The molecule has 0 fully saturated rings. The molecule has 0 radical (unpaired) electrons. The molecule has 26 heavy (non-hydrogen) atoms. The molecule has 3 aromatic rings. The zero-order valence-electron chi connectivity index (χ0n) is 14.4. The SMILES string of the molecule is CN(C(=O)Cc1c(F)cccc1Cl)C(c1ccccc1)c1ccccc1. The number of rotatable bonds is 5. The van der Waals surface area contributed by atoms with Crippen molar-refractivity contribution in [3.63, 3.8) is 0 Å². The fraction of sp³-hybridized carbons (Fsp3) is 0.136. The van der Waals surface area contributed by atoms with Gasteiger partial charge in [0.25, 0.3) is 0 Å². The lowest BCUT2D eigenvalue weighted by molar-refractivity contribution is -0.130. The van der Waals surface area contributed by atoms with Gasteiger partial charge in [-0.05, 0) is 23.3 Å². The first kappa shape index (κ1) is 18.2. The largest absolute Gasteiger partial charge is 0.334 e. The van der Waals surface area contributed by atoms with Crippen molar-refractivity contribution in [1.82, 2.24) is 4.90 Å². The van der Waals surface area contributed by atoms with Gasteiger partial charge in [0, 0.05) is 17.6 Å². The second-order valence-corrected chi connectivity index (χ2v) is 6.51. The zero-order chi connectivity index (χ0) is 18.5. The van der Waals surface area contributed by atoms with Gasteiger partial charge in [-0.25, -0.2) is 4.39 Å². The van der Waals surface area contributed by atoms with E-state index in [-0.39, 0.29) is 29.0 Å². The smallest absolute Gasteiger partial charge is 0.227 e. The molecule has 0 aliphatic carbocycles. The van der Waals surface area contributed by atoms with Crippen LogP contribution in [0.5, 0.6) is 0 Å². The Kier molecular flexibility index (Phi) is 5.69. The van der Waals surface area contributed by atoms with Crippen LogP contribution < -0.4 is 0 Å². The number of carbonyl (C=O) groups excluding carboxylic acids is 1. The Morgan fingerprint density at radius 3 is 1.96 bits per heavy atom. The van der Waals surface area contributed by atoms with E-state index in [0.29, 0.717) is 0 Å². The van der Waals surface area contributed by atoms with Crippen LogP contribution in [0.25, 0.3) is 0 Å². The topological polar surface area (TPSA) is 20.3 Å². The Morgan fingerprint density at radius 1 is 0.923 bits per heavy atom. The van der Waals surface area contributed by atoms with E-state index in [4.69, 9.17) is 11.6 Å². The lowest BCUT2D eigenvalue weighted by Crippen LogP contribution is -2.33. The lowest BCUT2D eigenvalue weighted by Gasteiger charge is -2.29. The summed E-state index contributed by atoms with van der Waals surface area (Å²) >= 11 is 6.08. The highest BCUT2D eigenvalue weighted by Crippen LogP contribution is 2.29. The van der Waals surface area contributed by atoms with Gasteiger partial charge in [0.1, 0.15) is 5.82 Å². The summed E-state index contributed by atoms with van der Waals surface area (Å²) in [5.41, 5.74) is 2.22. The normalized spacial score (nSPS) is 10.8. The van der Waals surface area contributed by atoms with Crippen molar-refractivity contribution in [3.05, 3.63) is 106 Å². The molecule has 0 aliphatic heterocycles. The Bertz CT molecular complexity index is 823. The molecule has 0 saturated carbocycles. The van der Waals surface area contributed by atoms with Crippen molar-refractivity contribution in [3.8, 4) is 0 Å². The number of benzene rings is 3. The summed E-state index contributed by atoms with van der Waals surface area (Å²) in [5, 5.41) is 0.266. The number of amides is 1. The van der Waals surface area contributed by atoms with Crippen LogP contribution in [0, 0.1) is 5.82 Å². The molecule has 0 N–H and O–H groups in total. The van der Waals surface area contributed by atoms with Crippen LogP contribution in [0.15, 0.2) is 78.9 Å². The summed E-state index contributed by atoms with van der Waals surface area (Å²) in [5.74, 6) is -0.662. The molecule has 0 bridgehead atoms. The molecule has 0 atom stereocenters. The van der Waals surface area contributed by atoms with Gasteiger partial charge < -0.3 is 4.90 Å². The third-order valence-corrected chi connectivity index (χ3v) is 4.76. The molecule has 3 rings (SSSR count). The van der Waals surface area contributed by atoms with E-state index in [1.807, 2.05) is 60.7 Å². The maximum Gasteiger partial charge on any atom is 0.227 e. The summed E-state index contributed by atoms with van der Waals surface area (Å²) in [6.07, 6.45) is -0.0851. The maximum atomic E-state index is 14.1. The number of hydrogen-bond acceptors (Lipinski definition) is 1. The van der Waals surface area contributed by atoms with Crippen LogP contribution in [-0.4, -0.2) is 17.9 Å². The van der Waals surface area contributed by atoms with Crippen LogP contribution in [0.4, 0.5) is 4.39 Å². The third-order valence-electron chi connectivity index (χ3n) is 4.40. The van der Waals surface area contributed by atoms with Gasteiger partial charge in [-0.3, -0.25) is 4.79 Å². The first-order chi connectivity index (χ1) is 12.6. The van der Waals surface area contributed by atoms with Gasteiger partial charge in [-0.2, -0.15) is 0 Å². The van der Waals surface area contributed by atoms with Crippen LogP contribution in [0.1, 0.15) is 22.7 Å². The Hall–Kier alpha value is -2.65. The zero-order valence-corrected chi connectivity index (χ0v) is 15.2. The summed E-state index contributed by atoms with van der Waals surface area (Å²) in [7, 11) is 1.74. The predicted octanol–water partition coefficient (Wildman–Crippen LogP) is 5.27. The molecule has 1 amide bonds. The quantitative estimate of drug-likeness (QED) is 0.601. The molecule has 132 valence electrons. The molecule has 4 heteroatoms. The monoisotopic (exact) mass is 367 g/mol. The first-order valence-corrected chi connectivity index (χ1v) is 8.74. The van der Waals surface area contributed by atoms with Crippen LogP contribution >= 0.6 is 11.6 Å². The second-order valence-electron chi connectivity index (χ2n) is 6.11. The van der Waals surface area contributed by atoms with Crippen molar-refractivity contribution in [2.75, 3.05) is 7.05 Å². The average molecular weight is 368 g/mol. The molecule has 0 heterocycles. The highest BCUT2D eigenvalue weighted by Gasteiger charge is 2.24. The minimum atomic E-state index is -0.463. The van der Waals surface area contributed by atoms with Crippen molar-refractivity contribution in [2.45, 2.75) is 12.5 Å². The number of likely N-dealkylation sites (N-methyl/N-ethyl adjacent to an activating group) is 1. The predicted molar refractivity (Wildman–Crippen MR) is 103 cm³/mol. The van der Waals surface area contributed by atoms with E-state index in [1.165, 1.54) is 12.1 Å². The number of carbonyl (C=O) groups is 1. The van der Waals surface area contributed by atoms with E-state index >= 15 is 0 Å². The highest BCUT2D eigenvalue weighted by molar-refractivity contribution is 6.31. The van der Waals surface area contributed by atoms with E-state index < -0.39 is 5.82 Å². The summed E-state index contributed by atoms with van der Waals surface area (Å²) < 4.78 is 14.1. The minimum Gasteiger partial charge on any atom is -0.334 e. The molecular formula is C22H19ClFNO. The van der Waals surface area contributed by atoms with Gasteiger partial charge in [0.2, 0.25) is 5.91 Å². The van der Waals surface area contributed by atoms with Crippen LogP contribution in [0.3, 0.4) is 0 Å². The van der Waals surface area contributed by atoms with Gasteiger partial charge in [-0.1, -0.05) is 78.3 Å². The van der Waals surface area contributed by atoms with Crippen LogP contribution in [0.2, 0.25) is 5.02 Å². The van der Waals surface area contributed by atoms with Crippen LogP contribution in [-0.2, 0) is 11.2 Å². The average Bonchev–Trinajstić information content (AvgIpc) is 2.66. The van der Waals surface area contributed by atoms with Gasteiger partial charge >= 0.3 is 0 Å². The van der Waals surface area contributed by atoms with Crippen molar-refractivity contribution < 1.29 is 9.18 Å². The number of hydrogen-bond donors (Lipinski definition) is 0. The number of halogens is 2. The van der Waals surface area contributed by atoms with Crippen molar-refractivity contribution >= 4 is 17.5 Å². The molecule has 0 saturated heterocycles. The molecule has 0 aromatic heterocycles. The molecule has 2 nitrogen and oxygen atoms in total. The maximum absolute atomic E-state index is 14.1. The molecule has 0 unspecified atom stereocenters. The Balaban J connectivity index is 1.93. The standard InChI is InChI=1S/C22H19ClFNO/c1-25(21(26)15-18-19(23)13-8-14-20(18)24)22(16-9-4-2-5-10-16)17-11-6-3-7-12-17/h2-14,22H,15H2,1H3. The molecule has 0 spiro atoms.